The van der Waals surface area contributed by atoms with Crippen molar-refractivity contribution < 1.29 is 4.39 Å². The Hall–Kier alpha value is -1.41. The SMILES string of the molecule is C[C@]1(C#N)CC[C@@](C)(c2cc(Br)ccc2F)N=C1N. The number of rotatable bonds is 1. The summed E-state index contributed by atoms with van der Waals surface area (Å²) in [5.41, 5.74) is 4.96. The highest BCUT2D eigenvalue weighted by atomic mass is 79.9. The standard InChI is InChI=1S/C14H15BrFN3/c1-13(8-17)5-6-14(2,19-12(13)18)10-7-9(15)3-4-11(10)16/h3-4,7H,5-6H2,1-2H3,(H2,18,19)/t13-,14+/m1/s1. The second kappa shape index (κ2) is 4.61. The molecule has 3 nitrogen and oxygen atoms in total. The Bertz CT molecular complexity index is 593. The van der Waals surface area contributed by atoms with Crippen LogP contribution < -0.4 is 5.73 Å². The number of hydrogen-bond acceptors (Lipinski definition) is 3. The zero-order valence-corrected chi connectivity index (χ0v) is 12.5. The molecule has 0 saturated heterocycles. The number of halogens is 2. The molecule has 0 spiro atoms. The zero-order chi connectivity index (χ0) is 14.3. The van der Waals surface area contributed by atoms with Crippen LogP contribution in [-0.4, -0.2) is 5.84 Å². The van der Waals surface area contributed by atoms with Gasteiger partial charge in [-0.25, -0.2) is 4.39 Å². The molecule has 5 heteroatoms. The van der Waals surface area contributed by atoms with E-state index < -0.39 is 11.0 Å². The van der Waals surface area contributed by atoms with Gasteiger partial charge in [-0.3, -0.25) is 4.99 Å². The molecule has 2 atom stereocenters. The van der Waals surface area contributed by atoms with E-state index in [0.29, 0.717) is 18.4 Å². The first-order valence-electron chi connectivity index (χ1n) is 6.03. The van der Waals surface area contributed by atoms with Crippen LogP contribution in [0.5, 0.6) is 0 Å². The van der Waals surface area contributed by atoms with E-state index in [1.165, 1.54) is 6.07 Å². The van der Waals surface area contributed by atoms with Crippen LogP contribution >= 0.6 is 15.9 Å². The lowest BCUT2D eigenvalue weighted by Crippen LogP contribution is -2.42. The summed E-state index contributed by atoms with van der Waals surface area (Å²) >= 11 is 3.34. The van der Waals surface area contributed by atoms with Crippen LogP contribution in [0.1, 0.15) is 32.3 Å². The minimum atomic E-state index is -0.748. The zero-order valence-electron chi connectivity index (χ0n) is 10.9. The fraction of sp³-hybridized carbons (Fsp3) is 0.429. The molecule has 2 rings (SSSR count). The average Bonchev–Trinajstić information content (AvgIpc) is 2.37. The third kappa shape index (κ3) is 2.37. The molecule has 1 heterocycles. The van der Waals surface area contributed by atoms with Crippen molar-refractivity contribution in [3.05, 3.63) is 34.1 Å². The number of nitrogens with two attached hydrogens (primary N) is 1. The first-order valence-corrected chi connectivity index (χ1v) is 6.83. The van der Waals surface area contributed by atoms with E-state index in [9.17, 15) is 4.39 Å². The molecule has 0 radical (unpaired) electrons. The van der Waals surface area contributed by atoms with Crippen molar-refractivity contribution in [1.29, 1.82) is 5.26 Å². The molecule has 0 saturated carbocycles. The molecule has 0 amide bonds. The second-order valence-corrected chi connectivity index (χ2v) is 6.25. The Balaban J connectivity index is 2.52. The molecule has 0 unspecified atom stereocenters. The lowest BCUT2D eigenvalue weighted by molar-refractivity contribution is 0.342. The highest BCUT2D eigenvalue weighted by Gasteiger charge is 2.41. The molecule has 0 bridgehead atoms. The number of aliphatic imine (C=N–C) groups is 1. The number of nitriles is 1. The summed E-state index contributed by atoms with van der Waals surface area (Å²) < 4.78 is 14.8. The average molecular weight is 324 g/mol. The van der Waals surface area contributed by atoms with Crippen LogP contribution in [0.2, 0.25) is 0 Å². The van der Waals surface area contributed by atoms with Crippen molar-refractivity contribution >= 4 is 21.8 Å². The maximum absolute atomic E-state index is 14.0. The van der Waals surface area contributed by atoms with Crippen LogP contribution in [0.3, 0.4) is 0 Å². The van der Waals surface area contributed by atoms with Crippen molar-refractivity contribution in [2.45, 2.75) is 32.2 Å². The van der Waals surface area contributed by atoms with Gasteiger partial charge in [-0.05, 0) is 44.9 Å². The molecule has 1 aromatic rings. The third-order valence-corrected chi connectivity index (χ3v) is 4.29. The van der Waals surface area contributed by atoms with Gasteiger partial charge in [-0.15, -0.1) is 0 Å². The first-order chi connectivity index (χ1) is 8.81. The van der Waals surface area contributed by atoms with E-state index in [4.69, 9.17) is 11.0 Å². The maximum Gasteiger partial charge on any atom is 0.128 e. The molecule has 2 N–H and O–H groups in total. The minimum absolute atomic E-state index is 0.281. The van der Waals surface area contributed by atoms with Gasteiger partial charge in [0.25, 0.3) is 0 Å². The Morgan fingerprint density at radius 2 is 2.11 bits per heavy atom. The molecule has 100 valence electrons. The molecule has 0 aliphatic carbocycles. The Morgan fingerprint density at radius 3 is 2.68 bits per heavy atom. The van der Waals surface area contributed by atoms with Crippen molar-refractivity contribution in [3.63, 3.8) is 0 Å². The van der Waals surface area contributed by atoms with Gasteiger partial charge in [0.2, 0.25) is 0 Å². The van der Waals surface area contributed by atoms with Crippen LogP contribution in [-0.2, 0) is 5.54 Å². The van der Waals surface area contributed by atoms with E-state index in [1.54, 1.807) is 19.1 Å². The van der Waals surface area contributed by atoms with Crippen molar-refractivity contribution in [3.8, 4) is 6.07 Å². The van der Waals surface area contributed by atoms with Crippen molar-refractivity contribution in [2.75, 3.05) is 0 Å². The molecule has 1 aliphatic heterocycles. The highest BCUT2D eigenvalue weighted by molar-refractivity contribution is 9.10. The second-order valence-electron chi connectivity index (χ2n) is 5.34. The summed E-state index contributed by atoms with van der Waals surface area (Å²) in [6.07, 6.45) is 1.16. The Labute approximate surface area is 120 Å². The molecular formula is C14H15BrFN3. The molecular weight excluding hydrogens is 309 g/mol. The van der Waals surface area contributed by atoms with Crippen molar-refractivity contribution in [2.24, 2.45) is 16.1 Å². The monoisotopic (exact) mass is 323 g/mol. The minimum Gasteiger partial charge on any atom is -0.386 e. The summed E-state index contributed by atoms with van der Waals surface area (Å²) in [6, 6.07) is 6.97. The Kier molecular flexibility index (Phi) is 3.40. The molecule has 0 aromatic heterocycles. The van der Waals surface area contributed by atoms with Gasteiger partial charge in [0, 0.05) is 10.0 Å². The number of amidine groups is 1. The van der Waals surface area contributed by atoms with Gasteiger partial charge in [0.05, 0.1) is 11.6 Å². The predicted molar refractivity (Wildman–Crippen MR) is 76.0 cm³/mol. The smallest absolute Gasteiger partial charge is 0.128 e. The summed E-state index contributed by atoms with van der Waals surface area (Å²) in [5, 5.41) is 9.17. The largest absolute Gasteiger partial charge is 0.386 e. The highest BCUT2D eigenvalue weighted by Crippen LogP contribution is 2.42. The van der Waals surface area contributed by atoms with Gasteiger partial charge in [-0.2, -0.15) is 5.26 Å². The van der Waals surface area contributed by atoms with E-state index in [0.717, 1.165) is 4.47 Å². The predicted octanol–water partition coefficient (Wildman–Crippen LogP) is 3.48. The molecule has 1 aromatic carbocycles. The fourth-order valence-electron chi connectivity index (χ4n) is 2.28. The first kappa shape index (κ1) is 14.0. The van der Waals surface area contributed by atoms with Crippen LogP contribution in [0.15, 0.2) is 27.7 Å². The summed E-state index contributed by atoms with van der Waals surface area (Å²) in [7, 11) is 0. The van der Waals surface area contributed by atoms with E-state index in [1.807, 2.05) is 6.92 Å². The number of nitrogens with zero attached hydrogens (tertiary/aromatic N) is 2. The van der Waals surface area contributed by atoms with E-state index in [2.05, 4.69) is 27.0 Å². The molecule has 1 aliphatic rings. The van der Waals surface area contributed by atoms with Gasteiger partial charge in [-0.1, -0.05) is 15.9 Å². The summed E-state index contributed by atoms with van der Waals surface area (Å²) in [6.45, 7) is 3.62. The fourth-order valence-corrected chi connectivity index (χ4v) is 2.65. The normalized spacial score (nSPS) is 30.6. The van der Waals surface area contributed by atoms with Gasteiger partial charge < -0.3 is 5.73 Å². The lowest BCUT2D eigenvalue weighted by Gasteiger charge is -2.36. The van der Waals surface area contributed by atoms with Crippen LogP contribution in [0, 0.1) is 22.6 Å². The van der Waals surface area contributed by atoms with Gasteiger partial charge in [0.15, 0.2) is 0 Å². The topological polar surface area (TPSA) is 62.2 Å². The maximum atomic E-state index is 14.0. The van der Waals surface area contributed by atoms with Crippen molar-refractivity contribution in [1.82, 2.24) is 0 Å². The van der Waals surface area contributed by atoms with E-state index in [-0.39, 0.29) is 11.7 Å². The summed E-state index contributed by atoms with van der Waals surface area (Å²) in [4.78, 5) is 4.42. The van der Waals surface area contributed by atoms with Crippen LogP contribution in [0.4, 0.5) is 4.39 Å². The quantitative estimate of drug-likeness (QED) is 0.859. The van der Waals surface area contributed by atoms with E-state index >= 15 is 0 Å². The summed E-state index contributed by atoms with van der Waals surface area (Å²) in [5.74, 6) is -0.0223. The van der Waals surface area contributed by atoms with Crippen LogP contribution in [0.25, 0.3) is 0 Å². The van der Waals surface area contributed by atoms with Gasteiger partial charge in [0.1, 0.15) is 17.1 Å². The molecule has 0 fully saturated rings. The number of benzene rings is 1. The number of hydrogen-bond donors (Lipinski definition) is 1. The molecule has 19 heavy (non-hydrogen) atoms. The van der Waals surface area contributed by atoms with Gasteiger partial charge >= 0.3 is 0 Å². The lowest BCUT2D eigenvalue weighted by atomic mass is 9.75. The Morgan fingerprint density at radius 1 is 1.42 bits per heavy atom. The third-order valence-electron chi connectivity index (χ3n) is 3.80.